The van der Waals surface area contributed by atoms with Crippen LogP contribution in [0.15, 0.2) is 36.7 Å². The van der Waals surface area contributed by atoms with E-state index in [1.165, 1.54) is 17.4 Å². The maximum Gasteiger partial charge on any atom is 0.124 e. The molecule has 2 N–H and O–H groups in total. The summed E-state index contributed by atoms with van der Waals surface area (Å²) in [6.45, 7) is 2.86. The molecule has 0 bridgehead atoms. The minimum Gasteiger partial charge on any atom is -0.320 e. The van der Waals surface area contributed by atoms with Crippen LogP contribution in [0.2, 0.25) is 0 Å². The molecule has 3 aromatic rings. The van der Waals surface area contributed by atoms with E-state index in [4.69, 9.17) is 5.73 Å². The van der Waals surface area contributed by atoms with Crippen LogP contribution >= 0.6 is 11.3 Å². The number of hydrogen-bond acceptors (Lipinski definition) is 3. The van der Waals surface area contributed by atoms with Gasteiger partial charge < -0.3 is 5.73 Å². The molecule has 3 nitrogen and oxygen atoms in total. The first-order valence-corrected chi connectivity index (χ1v) is 6.96. The Labute approximate surface area is 114 Å². The van der Waals surface area contributed by atoms with E-state index in [9.17, 15) is 4.39 Å². The number of aryl methyl sites for hydroxylation is 1. The van der Waals surface area contributed by atoms with E-state index in [1.807, 2.05) is 23.9 Å². The summed E-state index contributed by atoms with van der Waals surface area (Å²) in [6, 6.07) is 6.62. The van der Waals surface area contributed by atoms with Gasteiger partial charge in [0.15, 0.2) is 0 Å². The van der Waals surface area contributed by atoms with E-state index >= 15 is 0 Å². The van der Waals surface area contributed by atoms with Gasteiger partial charge in [-0.05, 0) is 30.5 Å². The molecule has 0 saturated carbocycles. The molecule has 0 fully saturated rings. The predicted octanol–water partition coefficient (Wildman–Crippen LogP) is 3.30. The van der Waals surface area contributed by atoms with E-state index in [2.05, 4.69) is 5.10 Å². The Morgan fingerprint density at radius 2 is 2.26 bits per heavy atom. The average molecular weight is 275 g/mol. The van der Waals surface area contributed by atoms with E-state index in [-0.39, 0.29) is 11.9 Å². The lowest BCUT2D eigenvalue weighted by Gasteiger charge is -2.05. The number of nitrogens with zero attached hydrogens (tertiary/aromatic N) is 2. The maximum absolute atomic E-state index is 13.2. The summed E-state index contributed by atoms with van der Waals surface area (Å²) in [4.78, 5) is 1.02. The first-order chi connectivity index (χ1) is 9.17. The summed E-state index contributed by atoms with van der Waals surface area (Å²) < 4.78 is 16.0. The maximum atomic E-state index is 13.2. The van der Waals surface area contributed by atoms with Crippen LogP contribution in [0.1, 0.15) is 23.4 Å². The Bertz CT molecular complexity index is 716. The minimum absolute atomic E-state index is 0.208. The molecule has 0 spiro atoms. The molecule has 19 heavy (non-hydrogen) atoms. The lowest BCUT2D eigenvalue weighted by Crippen LogP contribution is -2.09. The van der Waals surface area contributed by atoms with Crippen molar-refractivity contribution in [3.8, 4) is 0 Å². The Morgan fingerprint density at radius 1 is 1.42 bits per heavy atom. The SMILES string of the molecule is CCn1cc(C(N)c2cc3ccc(F)cc3s2)cn1. The van der Waals surface area contributed by atoms with Gasteiger partial charge in [-0.3, -0.25) is 4.68 Å². The minimum atomic E-state index is -0.215. The number of nitrogens with two attached hydrogens (primary N) is 1. The smallest absolute Gasteiger partial charge is 0.124 e. The normalized spacial score (nSPS) is 13.0. The fourth-order valence-electron chi connectivity index (χ4n) is 2.06. The predicted molar refractivity (Wildman–Crippen MR) is 75.7 cm³/mol. The first-order valence-electron chi connectivity index (χ1n) is 6.14. The van der Waals surface area contributed by atoms with Gasteiger partial charge in [0.25, 0.3) is 0 Å². The molecule has 0 saturated heterocycles. The second-order valence-electron chi connectivity index (χ2n) is 4.44. The summed E-state index contributed by atoms with van der Waals surface area (Å²) in [5, 5.41) is 5.26. The number of aromatic nitrogens is 2. The van der Waals surface area contributed by atoms with Crippen LogP contribution in [0.5, 0.6) is 0 Å². The Balaban J connectivity index is 1.98. The molecule has 0 amide bonds. The third-order valence-electron chi connectivity index (χ3n) is 3.14. The van der Waals surface area contributed by atoms with E-state index in [0.29, 0.717) is 0 Å². The standard InChI is InChI=1S/C14H14FN3S/c1-2-18-8-10(7-17-18)14(16)13-5-9-3-4-11(15)6-12(9)19-13/h3-8,14H,2,16H2,1H3. The highest BCUT2D eigenvalue weighted by molar-refractivity contribution is 7.19. The van der Waals surface area contributed by atoms with Gasteiger partial charge in [-0.1, -0.05) is 6.07 Å². The molecule has 98 valence electrons. The van der Waals surface area contributed by atoms with Crippen LogP contribution in [0.3, 0.4) is 0 Å². The molecule has 0 aliphatic heterocycles. The fraction of sp³-hybridized carbons (Fsp3) is 0.214. The molecule has 1 unspecified atom stereocenters. The Kier molecular flexibility index (Phi) is 3.08. The van der Waals surface area contributed by atoms with Crippen LogP contribution in [-0.2, 0) is 6.54 Å². The van der Waals surface area contributed by atoms with Gasteiger partial charge in [0.05, 0.1) is 12.2 Å². The number of rotatable bonds is 3. The molecular weight excluding hydrogens is 261 g/mol. The molecule has 0 aliphatic carbocycles. The fourth-order valence-corrected chi connectivity index (χ4v) is 3.18. The monoisotopic (exact) mass is 275 g/mol. The molecule has 5 heteroatoms. The molecule has 2 aromatic heterocycles. The van der Waals surface area contributed by atoms with Gasteiger partial charge in [-0.25, -0.2) is 4.39 Å². The number of hydrogen-bond donors (Lipinski definition) is 1. The second-order valence-corrected chi connectivity index (χ2v) is 5.55. The highest BCUT2D eigenvalue weighted by Gasteiger charge is 2.14. The molecule has 2 heterocycles. The van der Waals surface area contributed by atoms with Crippen LogP contribution in [0.4, 0.5) is 4.39 Å². The van der Waals surface area contributed by atoms with Crippen molar-refractivity contribution in [2.75, 3.05) is 0 Å². The van der Waals surface area contributed by atoms with Crippen molar-refractivity contribution in [2.24, 2.45) is 5.73 Å². The number of halogens is 1. The summed E-state index contributed by atoms with van der Waals surface area (Å²) in [7, 11) is 0. The number of benzene rings is 1. The third-order valence-corrected chi connectivity index (χ3v) is 4.32. The van der Waals surface area contributed by atoms with Crippen LogP contribution in [-0.4, -0.2) is 9.78 Å². The molecule has 1 atom stereocenters. The van der Waals surface area contributed by atoms with Crippen LogP contribution in [0.25, 0.3) is 10.1 Å². The van der Waals surface area contributed by atoms with Gasteiger partial charge in [-0.2, -0.15) is 5.10 Å². The van der Waals surface area contributed by atoms with E-state index in [0.717, 1.165) is 27.1 Å². The molecule has 3 rings (SSSR count). The molecule has 0 aliphatic rings. The zero-order chi connectivity index (χ0) is 13.4. The first kappa shape index (κ1) is 12.3. The van der Waals surface area contributed by atoms with Crippen molar-refractivity contribution in [3.63, 3.8) is 0 Å². The van der Waals surface area contributed by atoms with Gasteiger partial charge in [-0.15, -0.1) is 11.3 Å². The lowest BCUT2D eigenvalue weighted by atomic mass is 10.1. The summed E-state index contributed by atoms with van der Waals surface area (Å²) in [5.74, 6) is -0.215. The third kappa shape index (κ3) is 2.27. The molecular formula is C14H14FN3S. The highest BCUT2D eigenvalue weighted by Crippen LogP contribution is 2.32. The van der Waals surface area contributed by atoms with Crippen molar-refractivity contribution in [1.29, 1.82) is 0 Å². The van der Waals surface area contributed by atoms with Crippen LogP contribution in [0, 0.1) is 5.82 Å². The zero-order valence-corrected chi connectivity index (χ0v) is 11.3. The van der Waals surface area contributed by atoms with Crippen molar-refractivity contribution < 1.29 is 4.39 Å². The van der Waals surface area contributed by atoms with Gasteiger partial charge >= 0.3 is 0 Å². The van der Waals surface area contributed by atoms with Crippen molar-refractivity contribution >= 4 is 21.4 Å². The summed E-state index contributed by atoms with van der Waals surface area (Å²) in [5.41, 5.74) is 7.23. The number of thiophene rings is 1. The highest BCUT2D eigenvalue weighted by atomic mass is 32.1. The number of fused-ring (bicyclic) bond motifs is 1. The van der Waals surface area contributed by atoms with Gasteiger partial charge in [0.2, 0.25) is 0 Å². The quantitative estimate of drug-likeness (QED) is 0.797. The van der Waals surface area contributed by atoms with E-state index < -0.39 is 0 Å². The zero-order valence-electron chi connectivity index (χ0n) is 10.5. The summed E-state index contributed by atoms with van der Waals surface area (Å²) >= 11 is 1.53. The van der Waals surface area contributed by atoms with Crippen LogP contribution < -0.4 is 5.73 Å². The Hall–Kier alpha value is -1.72. The topological polar surface area (TPSA) is 43.8 Å². The summed E-state index contributed by atoms with van der Waals surface area (Å²) in [6.07, 6.45) is 3.74. The second kappa shape index (κ2) is 4.75. The Morgan fingerprint density at radius 3 is 3.00 bits per heavy atom. The van der Waals surface area contributed by atoms with Crippen molar-refractivity contribution in [1.82, 2.24) is 9.78 Å². The molecule has 1 aromatic carbocycles. The van der Waals surface area contributed by atoms with Gasteiger partial charge in [0, 0.05) is 27.9 Å². The lowest BCUT2D eigenvalue weighted by molar-refractivity contribution is 0.630. The van der Waals surface area contributed by atoms with Gasteiger partial charge in [0.1, 0.15) is 5.82 Å². The van der Waals surface area contributed by atoms with Crippen molar-refractivity contribution in [3.05, 3.63) is 52.9 Å². The largest absolute Gasteiger partial charge is 0.320 e. The van der Waals surface area contributed by atoms with E-state index in [1.54, 1.807) is 18.3 Å². The molecule has 0 radical (unpaired) electrons. The van der Waals surface area contributed by atoms with Crippen molar-refractivity contribution in [2.45, 2.75) is 19.5 Å². The average Bonchev–Trinajstić information content (AvgIpc) is 3.03.